The minimum atomic E-state index is -1.95. The lowest BCUT2D eigenvalue weighted by atomic mass is 10.0. The van der Waals surface area contributed by atoms with E-state index >= 15 is 0 Å². The van der Waals surface area contributed by atoms with E-state index in [1.165, 1.54) is 0 Å². The van der Waals surface area contributed by atoms with Crippen LogP contribution in [0.15, 0.2) is 30.5 Å². The molecule has 2 rings (SSSR count). The molecule has 0 aliphatic carbocycles. The molecule has 1 aromatic heterocycles. The summed E-state index contributed by atoms with van der Waals surface area (Å²) in [5.41, 5.74) is 12.2. The number of carboxylic acids is 2. The van der Waals surface area contributed by atoms with Gasteiger partial charge in [0.2, 0.25) is 41.4 Å². The van der Waals surface area contributed by atoms with Crippen LogP contribution in [0.5, 0.6) is 0 Å². The lowest BCUT2D eigenvalue weighted by molar-refractivity contribution is -0.142. The fourth-order valence-corrected chi connectivity index (χ4v) is 6.34. The number of benzene rings is 1. The molecule has 21 heteroatoms. The predicted molar refractivity (Wildman–Crippen MR) is 221 cm³/mol. The van der Waals surface area contributed by atoms with Gasteiger partial charge in [-0.3, -0.25) is 38.4 Å². The van der Waals surface area contributed by atoms with Gasteiger partial charge in [-0.2, -0.15) is 0 Å². The molecule has 0 aliphatic heterocycles. The number of amides is 7. The van der Waals surface area contributed by atoms with Crippen LogP contribution in [0, 0.1) is 0 Å². The molecule has 0 saturated heterocycles. The van der Waals surface area contributed by atoms with Gasteiger partial charge in [0.05, 0.1) is 25.5 Å². The first kappa shape index (κ1) is 51.1. The Morgan fingerprint density at radius 3 is 1.90 bits per heavy atom. The number of fused-ring (bicyclic) bond motifs is 1. The van der Waals surface area contributed by atoms with Gasteiger partial charge >= 0.3 is 11.9 Å². The molecule has 0 radical (unpaired) electrons. The number of hydrogen-bond acceptors (Lipinski definition) is 11. The van der Waals surface area contributed by atoms with Gasteiger partial charge in [0.25, 0.3) is 0 Å². The fourth-order valence-electron chi connectivity index (χ4n) is 6.34. The minimum absolute atomic E-state index is 0.0139. The summed E-state index contributed by atoms with van der Waals surface area (Å²) in [5, 5.41) is 43.7. The van der Waals surface area contributed by atoms with Crippen molar-refractivity contribution in [2.75, 3.05) is 13.1 Å². The topological polar surface area (TPSA) is 354 Å². The average molecular weight is 860 g/mol. The SMILES string of the molecule is CCCCCCCCCC(=O)N[C@@H](Cc1c[nH]c2ccccc12)C(=O)N[C@H](CC(N)=O)C(=O)N[C@@H](CC(=O)O)C(=O)N[C@H](C(=O)NCC(=O)N[C@@H](CCCN)C(=O)O)[C@@H](C)O. The number of carbonyl (C=O) groups excluding carboxylic acids is 7. The van der Waals surface area contributed by atoms with E-state index in [1.54, 1.807) is 12.3 Å². The third-order valence-corrected chi connectivity index (χ3v) is 9.62. The molecular formula is C40H61N9O12. The Balaban J connectivity index is 2.23. The fraction of sp³-hybridized carbons (Fsp3) is 0.575. The van der Waals surface area contributed by atoms with E-state index in [2.05, 4.69) is 43.8 Å². The third kappa shape index (κ3) is 18.8. The highest BCUT2D eigenvalue weighted by Gasteiger charge is 2.35. The summed E-state index contributed by atoms with van der Waals surface area (Å²) < 4.78 is 0. The van der Waals surface area contributed by atoms with Gasteiger partial charge < -0.3 is 63.7 Å². The zero-order chi connectivity index (χ0) is 45.5. The van der Waals surface area contributed by atoms with E-state index in [4.69, 9.17) is 11.5 Å². The normalized spacial score (nSPS) is 14.0. The number of aliphatic hydroxyl groups is 1. The molecule has 21 nitrogen and oxygen atoms in total. The summed E-state index contributed by atoms with van der Waals surface area (Å²) in [7, 11) is 0. The molecule has 0 unspecified atom stereocenters. The van der Waals surface area contributed by atoms with Crippen LogP contribution in [0.2, 0.25) is 0 Å². The summed E-state index contributed by atoms with van der Waals surface area (Å²) in [6.07, 6.45) is 5.29. The van der Waals surface area contributed by atoms with Crippen LogP contribution in [-0.4, -0.2) is 123 Å². The Morgan fingerprint density at radius 1 is 0.705 bits per heavy atom. The van der Waals surface area contributed by atoms with Gasteiger partial charge in [-0.1, -0.05) is 63.6 Å². The number of nitrogens with two attached hydrogens (primary N) is 2. The summed E-state index contributed by atoms with van der Waals surface area (Å²) >= 11 is 0. The molecule has 14 N–H and O–H groups in total. The van der Waals surface area contributed by atoms with Crippen molar-refractivity contribution in [3.05, 3.63) is 36.0 Å². The second-order valence-corrected chi connectivity index (χ2v) is 14.8. The molecule has 0 spiro atoms. The number of para-hydroxylation sites is 1. The number of aliphatic hydroxyl groups excluding tert-OH is 1. The number of rotatable bonds is 30. The largest absolute Gasteiger partial charge is 0.481 e. The van der Waals surface area contributed by atoms with Crippen LogP contribution in [0.25, 0.3) is 10.9 Å². The summed E-state index contributed by atoms with van der Waals surface area (Å²) in [5.74, 6) is -9.83. The van der Waals surface area contributed by atoms with Gasteiger partial charge in [-0.25, -0.2) is 4.79 Å². The van der Waals surface area contributed by atoms with Gasteiger partial charge in [-0.05, 0) is 44.4 Å². The number of carboxylic acid groups (broad SMARTS) is 2. The van der Waals surface area contributed by atoms with Gasteiger partial charge in [0.15, 0.2) is 0 Å². The molecule has 2 aromatic rings. The molecule has 7 amide bonds. The summed E-state index contributed by atoms with van der Waals surface area (Å²) in [6, 6.07) is -0.832. The van der Waals surface area contributed by atoms with E-state index in [-0.39, 0.29) is 32.2 Å². The number of carbonyl (C=O) groups is 9. The molecular weight excluding hydrogens is 798 g/mol. The van der Waals surface area contributed by atoms with Crippen LogP contribution >= 0.6 is 0 Å². The summed E-state index contributed by atoms with van der Waals surface area (Å²) in [6.45, 7) is 2.62. The van der Waals surface area contributed by atoms with E-state index < -0.39 is 109 Å². The van der Waals surface area contributed by atoms with Crippen LogP contribution in [0.3, 0.4) is 0 Å². The molecule has 0 aliphatic rings. The van der Waals surface area contributed by atoms with Crippen LogP contribution in [0.4, 0.5) is 0 Å². The standard InChI is InChI=1S/C40H61N9O12/c1-3-4-5-6-7-8-9-16-32(52)46-28(18-24-21-43-26-14-11-10-13-25(24)26)36(56)47-29(19-31(42)51)37(57)48-30(20-34(54)55)38(58)49-35(23(2)50)39(59)44-22-33(53)45-27(40(60)61)15-12-17-41/h10-11,13-14,21,23,27-30,35,43,50H,3-9,12,15-20,22,41H2,1-2H3,(H2,42,51)(H,44,59)(H,45,53)(H,46,52)(H,47,56)(H,48,57)(H,49,58)(H,54,55)(H,60,61)/t23-,27+,28+,29-,30+,35+/m1/s1. The number of unbranched alkanes of at least 4 members (excludes halogenated alkanes) is 6. The van der Waals surface area contributed by atoms with Crippen LogP contribution < -0.4 is 43.4 Å². The smallest absolute Gasteiger partial charge is 0.326 e. The van der Waals surface area contributed by atoms with E-state index in [0.717, 1.165) is 56.4 Å². The van der Waals surface area contributed by atoms with Crippen molar-refractivity contribution in [1.82, 2.24) is 36.9 Å². The maximum atomic E-state index is 13.9. The second kappa shape index (κ2) is 26.9. The lowest BCUT2D eigenvalue weighted by Crippen LogP contribution is -2.60. The zero-order valence-corrected chi connectivity index (χ0v) is 34.6. The molecule has 1 heterocycles. The highest BCUT2D eigenvalue weighted by Crippen LogP contribution is 2.20. The lowest BCUT2D eigenvalue weighted by Gasteiger charge is -2.26. The predicted octanol–water partition coefficient (Wildman–Crippen LogP) is -1.05. The second-order valence-electron chi connectivity index (χ2n) is 14.8. The molecule has 0 bridgehead atoms. The van der Waals surface area contributed by atoms with E-state index in [9.17, 15) is 58.5 Å². The van der Waals surface area contributed by atoms with Crippen molar-refractivity contribution < 1.29 is 58.5 Å². The molecule has 0 fully saturated rings. The van der Waals surface area contributed by atoms with Crippen molar-refractivity contribution >= 4 is 64.2 Å². The van der Waals surface area contributed by atoms with Gasteiger partial charge in [0, 0.05) is 29.9 Å². The van der Waals surface area contributed by atoms with Crippen LogP contribution in [0.1, 0.15) is 96.5 Å². The molecule has 6 atom stereocenters. The van der Waals surface area contributed by atoms with Gasteiger partial charge in [0.1, 0.15) is 30.2 Å². The Labute approximate surface area is 353 Å². The first-order valence-corrected chi connectivity index (χ1v) is 20.4. The first-order chi connectivity index (χ1) is 29.0. The number of aromatic amines is 1. The van der Waals surface area contributed by atoms with Gasteiger partial charge in [-0.15, -0.1) is 0 Å². The van der Waals surface area contributed by atoms with Crippen molar-refractivity contribution in [3.8, 4) is 0 Å². The number of H-pyrrole nitrogens is 1. The van der Waals surface area contributed by atoms with E-state index in [0.29, 0.717) is 12.0 Å². The Kier molecular flexibility index (Phi) is 22.5. The Morgan fingerprint density at radius 2 is 1.30 bits per heavy atom. The molecule has 1 aromatic carbocycles. The maximum Gasteiger partial charge on any atom is 0.326 e. The third-order valence-electron chi connectivity index (χ3n) is 9.62. The number of nitrogens with one attached hydrogen (secondary N) is 7. The van der Waals surface area contributed by atoms with Crippen molar-refractivity contribution in [2.24, 2.45) is 11.5 Å². The number of aliphatic carboxylic acids is 2. The molecule has 338 valence electrons. The Bertz CT molecular complexity index is 1820. The first-order valence-electron chi connectivity index (χ1n) is 20.4. The average Bonchev–Trinajstić information content (AvgIpc) is 3.61. The van der Waals surface area contributed by atoms with Crippen molar-refractivity contribution in [2.45, 2.75) is 134 Å². The van der Waals surface area contributed by atoms with Crippen molar-refractivity contribution in [3.63, 3.8) is 0 Å². The molecule has 0 saturated carbocycles. The highest BCUT2D eigenvalue weighted by atomic mass is 16.4. The zero-order valence-electron chi connectivity index (χ0n) is 34.6. The highest BCUT2D eigenvalue weighted by molar-refractivity contribution is 5.99. The number of hydrogen-bond donors (Lipinski definition) is 12. The number of primary amides is 1. The van der Waals surface area contributed by atoms with E-state index in [1.807, 2.05) is 18.2 Å². The van der Waals surface area contributed by atoms with Crippen LogP contribution in [-0.2, 0) is 49.6 Å². The number of aromatic nitrogens is 1. The summed E-state index contributed by atoms with van der Waals surface area (Å²) in [4.78, 5) is 118. The maximum absolute atomic E-state index is 13.9. The molecule has 61 heavy (non-hydrogen) atoms. The monoisotopic (exact) mass is 859 g/mol. The quantitative estimate of drug-likeness (QED) is 0.0418. The minimum Gasteiger partial charge on any atom is -0.481 e. The Hall–Kier alpha value is -6.09. The van der Waals surface area contributed by atoms with Crippen molar-refractivity contribution in [1.29, 1.82) is 0 Å².